The van der Waals surface area contributed by atoms with Crippen molar-refractivity contribution < 1.29 is 0 Å². The summed E-state index contributed by atoms with van der Waals surface area (Å²) in [6.45, 7) is 2.17. The summed E-state index contributed by atoms with van der Waals surface area (Å²) in [6, 6.07) is 10.8. The van der Waals surface area contributed by atoms with Crippen LogP contribution in [0.5, 0.6) is 0 Å². The average Bonchev–Trinajstić information content (AvgIpc) is 2.73. The van der Waals surface area contributed by atoms with Crippen molar-refractivity contribution in [2.45, 2.75) is 19.4 Å². The third kappa shape index (κ3) is 2.24. The van der Waals surface area contributed by atoms with E-state index in [1.54, 1.807) is 6.20 Å². The van der Waals surface area contributed by atoms with Crippen molar-refractivity contribution in [2.24, 2.45) is 7.05 Å². The topological polar surface area (TPSA) is 29.9 Å². The van der Waals surface area contributed by atoms with Crippen LogP contribution < -0.4 is 5.32 Å². The second-order valence-corrected chi connectivity index (χ2v) is 3.88. The molecule has 0 saturated carbocycles. The Morgan fingerprint density at radius 2 is 2.06 bits per heavy atom. The van der Waals surface area contributed by atoms with Crippen molar-refractivity contribution in [3.8, 4) is 0 Å². The van der Waals surface area contributed by atoms with Crippen LogP contribution in [0.4, 0.5) is 5.95 Å². The Kier molecular flexibility index (Phi) is 3.25. The van der Waals surface area contributed by atoms with E-state index in [4.69, 9.17) is 0 Å². The van der Waals surface area contributed by atoms with Crippen molar-refractivity contribution in [3.05, 3.63) is 48.3 Å². The molecule has 1 heterocycles. The minimum Gasteiger partial charge on any atom is -0.349 e. The van der Waals surface area contributed by atoms with E-state index in [-0.39, 0.29) is 0 Å². The van der Waals surface area contributed by atoms with Gasteiger partial charge in [0.1, 0.15) is 0 Å². The number of nitrogens with one attached hydrogen (secondary N) is 1. The molecule has 0 spiro atoms. The Labute approximate surface area is 96.1 Å². The summed E-state index contributed by atoms with van der Waals surface area (Å²) in [5.74, 6) is 0.913. The van der Waals surface area contributed by atoms with Gasteiger partial charge in [0.05, 0.1) is 6.04 Å². The maximum Gasteiger partial charge on any atom is 0.202 e. The number of anilines is 1. The highest BCUT2D eigenvalue weighted by atomic mass is 15.2. The highest BCUT2D eigenvalue weighted by Crippen LogP contribution is 2.20. The molecule has 16 heavy (non-hydrogen) atoms. The van der Waals surface area contributed by atoms with Gasteiger partial charge in [-0.25, -0.2) is 4.98 Å². The normalized spacial score (nSPS) is 12.4. The SMILES string of the molecule is CCC(Nc1nccn1C)c1ccccc1. The minimum atomic E-state index is 0.322. The van der Waals surface area contributed by atoms with Crippen LogP contribution in [0.15, 0.2) is 42.7 Å². The van der Waals surface area contributed by atoms with Crippen molar-refractivity contribution >= 4 is 5.95 Å². The lowest BCUT2D eigenvalue weighted by molar-refractivity contribution is 0.727. The average molecular weight is 215 g/mol. The van der Waals surface area contributed by atoms with Crippen LogP contribution in [0.25, 0.3) is 0 Å². The van der Waals surface area contributed by atoms with Gasteiger partial charge in [0.2, 0.25) is 5.95 Å². The summed E-state index contributed by atoms with van der Waals surface area (Å²) >= 11 is 0. The number of imidazole rings is 1. The van der Waals surface area contributed by atoms with Gasteiger partial charge in [-0.05, 0) is 12.0 Å². The molecule has 0 aliphatic rings. The number of hydrogen-bond acceptors (Lipinski definition) is 2. The van der Waals surface area contributed by atoms with E-state index in [1.165, 1.54) is 5.56 Å². The number of aromatic nitrogens is 2. The molecule has 3 nitrogen and oxygen atoms in total. The molecule has 1 aromatic heterocycles. The summed E-state index contributed by atoms with van der Waals surface area (Å²) in [7, 11) is 1.99. The molecule has 0 saturated heterocycles. The van der Waals surface area contributed by atoms with Crippen molar-refractivity contribution in [3.63, 3.8) is 0 Å². The van der Waals surface area contributed by atoms with Crippen LogP contribution in [-0.4, -0.2) is 9.55 Å². The Hall–Kier alpha value is -1.77. The Bertz CT molecular complexity index is 433. The minimum absolute atomic E-state index is 0.322. The molecule has 0 aliphatic carbocycles. The molecule has 1 atom stereocenters. The van der Waals surface area contributed by atoms with Gasteiger partial charge in [0, 0.05) is 19.4 Å². The fraction of sp³-hybridized carbons (Fsp3) is 0.308. The highest BCUT2D eigenvalue weighted by Gasteiger charge is 2.10. The van der Waals surface area contributed by atoms with Gasteiger partial charge in [-0.1, -0.05) is 37.3 Å². The van der Waals surface area contributed by atoms with Crippen LogP contribution in [0, 0.1) is 0 Å². The molecule has 1 aromatic carbocycles. The maximum atomic E-state index is 4.28. The van der Waals surface area contributed by atoms with Crippen LogP contribution in [0.3, 0.4) is 0 Å². The second-order valence-electron chi connectivity index (χ2n) is 3.88. The summed E-state index contributed by atoms with van der Waals surface area (Å²) in [4.78, 5) is 4.28. The summed E-state index contributed by atoms with van der Waals surface area (Å²) in [6.07, 6.45) is 4.79. The Morgan fingerprint density at radius 1 is 1.31 bits per heavy atom. The van der Waals surface area contributed by atoms with Crippen LogP contribution in [0.1, 0.15) is 24.9 Å². The lowest BCUT2D eigenvalue weighted by Crippen LogP contribution is -2.12. The fourth-order valence-corrected chi connectivity index (χ4v) is 1.77. The van der Waals surface area contributed by atoms with Gasteiger partial charge < -0.3 is 9.88 Å². The maximum absolute atomic E-state index is 4.28. The first kappa shape index (κ1) is 10.7. The van der Waals surface area contributed by atoms with Gasteiger partial charge in [0.25, 0.3) is 0 Å². The number of aryl methyl sites for hydroxylation is 1. The van der Waals surface area contributed by atoms with Crippen LogP contribution in [0.2, 0.25) is 0 Å². The molecular weight excluding hydrogens is 198 g/mol. The zero-order valence-corrected chi connectivity index (χ0v) is 9.72. The standard InChI is InChI=1S/C13H17N3/c1-3-12(11-7-5-4-6-8-11)15-13-14-9-10-16(13)2/h4-10,12H,3H2,1-2H3,(H,14,15). The molecule has 2 aromatic rings. The monoisotopic (exact) mass is 215 g/mol. The summed E-state index contributed by atoms with van der Waals surface area (Å²) in [5, 5.41) is 3.45. The first-order valence-corrected chi connectivity index (χ1v) is 5.60. The fourth-order valence-electron chi connectivity index (χ4n) is 1.77. The summed E-state index contributed by atoms with van der Waals surface area (Å²) in [5.41, 5.74) is 1.30. The lowest BCUT2D eigenvalue weighted by atomic mass is 10.1. The van der Waals surface area contributed by atoms with Crippen LogP contribution in [-0.2, 0) is 7.05 Å². The van der Waals surface area contributed by atoms with Gasteiger partial charge in [-0.2, -0.15) is 0 Å². The van der Waals surface area contributed by atoms with E-state index < -0.39 is 0 Å². The van der Waals surface area contributed by atoms with E-state index in [9.17, 15) is 0 Å². The zero-order chi connectivity index (χ0) is 11.4. The third-order valence-corrected chi connectivity index (χ3v) is 2.73. The highest BCUT2D eigenvalue weighted by molar-refractivity contribution is 5.32. The Balaban J connectivity index is 2.16. The molecule has 0 radical (unpaired) electrons. The predicted molar refractivity (Wildman–Crippen MR) is 66.3 cm³/mol. The molecular formula is C13H17N3. The molecule has 2 rings (SSSR count). The summed E-state index contributed by atoms with van der Waals surface area (Å²) < 4.78 is 1.99. The van der Waals surface area contributed by atoms with Crippen molar-refractivity contribution in [1.82, 2.24) is 9.55 Å². The van der Waals surface area contributed by atoms with E-state index in [0.29, 0.717) is 6.04 Å². The van der Waals surface area contributed by atoms with Gasteiger partial charge in [-0.3, -0.25) is 0 Å². The van der Waals surface area contributed by atoms with Gasteiger partial charge in [-0.15, -0.1) is 0 Å². The predicted octanol–water partition coefficient (Wildman–Crippen LogP) is 2.98. The molecule has 0 amide bonds. The molecule has 0 aliphatic heterocycles. The molecule has 84 valence electrons. The van der Waals surface area contributed by atoms with E-state index in [0.717, 1.165) is 12.4 Å². The molecule has 0 fully saturated rings. The van der Waals surface area contributed by atoms with E-state index in [1.807, 2.05) is 23.9 Å². The molecule has 3 heteroatoms. The molecule has 0 bridgehead atoms. The largest absolute Gasteiger partial charge is 0.349 e. The first-order valence-electron chi connectivity index (χ1n) is 5.60. The second kappa shape index (κ2) is 4.84. The van der Waals surface area contributed by atoms with Gasteiger partial charge in [0.15, 0.2) is 0 Å². The number of hydrogen-bond donors (Lipinski definition) is 1. The number of nitrogens with zero attached hydrogens (tertiary/aromatic N) is 2. The number of benzene rings is 1. The van der Waals surface area contributed by atoms with Crippen LogP contribution >= 0.6 is 0 Å². The van der Waals surface area contributed by atoms with E-state index in [2.05, 4.69) is 41.5 Å². The first-order chi connectivity index (χ1) is 7.81. The molecule has 1 unspecified atom stereocenters. The molecule has 1 N–H and O–H groups in total. The van der Waals surface area contributed by atoms with Gasteiger partial charge >= 0.3 is 0 Å². The number of rotatable bonds is 4. The van der Waals surface area contributed by atoms with Crippen molar-refractivity contribution in [2.75, 3.05) is 5.32 Å². The lowest BCUT2D eigenvalue weighted by Gasteiger charge is -2.17. The smallest absolute Gasteiger partial charge is 0.202 e. The van der Waals surface area contributed by atoms with E-state index >= 15 is 0 Å². The third-order valence-electron chi connectivity index (χ3n) is 2.73. The quantitative estimate of drug-likeness (QED) is 0.849. The zero-order valence-electron chi connectivity index (χ0n) is 9.72. The Morgan fingerprint density at radius 3 is 2.62 bits per heavy atom. The van der Waals surface area contributed by atoms with Crippen molar-refractivity contribution in [1.29, 1.82) is 0 Å².